The summed E-state index contributed by atoms with van der Waals surface area (Å²) in [6.45, 7) is 0. The minimum atomic E-state index is -0.593. The monoisotopic (exact) mass is 367 g/mol. The standard InChI is InChI=1S/C20H21N3O2S/c24-20(25-15-9-5-2-6-10-15)18(14-7-3-1-4-8-14)23-12-11-17-16(19(23)26)13-21-22-17/h1,3-4,7-8,11-13,15,18H,2,5-6,9-10H2,(H,21,22). The van der Waals surface area contributed by atoms with Crippen LogP contribution in [-0.2, 0) is 9.53 Å². The van der Waals surface area contributed by atoms with Gasteiger partial charge in [0.2, 0.25) is 0 Å². The molecule has 0 bridgehead atoms. The minimum Gasteiger partial charge on any atom is -0.461 e. The van der Waals surface area contributed by atoms with Crippen LogP contribution >= 0.6 is 12.2 Å². The number of esters is 1. The molecule has 1 fully saturated rings. The van der Waals surface area contributed by atoms with Crippen molar-refractivity contribution in [2.45, 2.75) is 44.2 Å². The summed E-state index contributed by atoms with van der Waals surface area (Å²) in [7, 11) is 0. The second kappa shape index (κ2) is 7.41. The quantitative estimate of drug-likeness (QED) is 0.542. The lowest BCUT2D eigenvalue weighted by atomic mass is 9.97. The minimum absolute atomic E-state index is 0.00860. The number of carbonyl (C=O) groups excluding carboxylic acids is 1. The second-order valence-electron chi connectivity index (χ2n) is 6.74. The second-order valence-corrected chi connectivity index (χ2v) is 7.12. The van der Waals surface area contributed by atoms with Gasteiger partial charge in [-0.05, 0) is 37.3 Å². The summed E-state index contributed by atoms with van der Waals surface area (Å²) < 4.78 is 8.27. The first kappa shape index (κ1) is 17.0. The molecular formula is C20H21N3O2S. The number of pyridine rings is 1. The van der Waals surface area contributed by atoms with Crippen molar-refractivity contribution < 1.29 is 9.53 Å². The molecule has 1 aliphatic rings. The number of H-pyrrole nitrogens is 1. The van der Waals surface area contributed by atoms with E-state index in [1.54, 1.807) is 6.20 Å². The Balaban J connectivity index is 1.74. The van der Waals surface area contributed by atoms with Gasteiger partial charge in [-0.1, -0.05) is 49.0 Å². The maximum absolute atomic E-state index is 13.1. The Morgan fingerprint density at radius 2 is 1.96 bits per heavy atom. The van der Waals surface area contributed by atoms with Crippen molar-refractivity contribution in [3.05, 3.63) is 59.0 Å². The van der Waals surface area contributed by atoms with E-state index in [-0.39, 0.29) is 12.1 Å². The fraction of sp³-hybridized carbons (Fsp3) is 0.350. The molecule has 1 aromatic carbocycles. The number of ether oxygens (including phenoxy) is 1. The van der Waals surface area contributed by atoms with Gasteiger partial charge in [-0.3, -0.25) is 5.10 Å². The van der Waals surface area contributed by atoms with Crippen molar-refractivity contribution in [1.29, 1.82) is 0 Å². The molecule has 1 saturated carbocycles. The highest BCUT2D eigenvalue weighted by atomic mass is 32.1. The molecule has 26 heavy (non-hydrogen) atoms. The Kier molecular flexibility index (Phi) is 4.84. The predicted octanol–water partition coefficient (Wildman–Crippen LogP) is 4.56. The Morgan fingerprint density at radius 1 is 1.19 bits per heavy atom. The van der Waals surface area contributed by atoms with E-state index in [4.69, 9.17) is 17.0 Å². The Labute approximate surface area is 157 Å². The molecule has 0 saturated heterocycles. The molecule has 0 aliphatic heterocycles. The van der Waals surface area contributed by atoms with Crippen molar-refractivity contribution in [3.8, 4) is 0 Å². The first-order valence-electron chi connectivity index (χ1n) is 9.04. The van der Waals surface area contributed by atoms with Crippen molar-refractivity contribution in [2.75, 3.05) is 0 Å². The van der Waals surface area contributed by atoms with E-state index < -0.39 is 6.04 Å². The lowest BCUT2D eigenvalue weighted by Gasteiger charge is -2.26. The number of hydrogen-bond acceptors (Lipinski definition) is 4. The summed E-state index contributed by atoms with van der Waals surface area (Å²) in [5.74, 6) is -0.248. The van der Waals surface area contributed by atoms with E-state index in [0.29, 0.717) is 4.64 Å². The maximum Gasteiger partial charge on any atom is 0.334 e. The SMILES string of the molecule is O=C(OC1CCCCC1)C(c1ccccc1)n1ccc2[nH]ncc2c1=S. The number of nitrogens with one attached hydrogen (secondary N) is 1. The van der Waals surface area contributed by atoms with Gasteiger partial charge in [0, 0.05) is 6.20 Å². The molecule has 0 radical (unpaired) electrons. The molecule has 5 nitrogen and oxygen atoms in total. The zero-order valence-electron chi connectivity index (χ0n) is 14.4. The van der Waals surface area contributed by atoms with Crippen molar-refractivity contribution in [1.82, 2.24) is 14.8 Å². The van der Waals surface area contributed by atoms with E-state index in [2.05, 4.69) is 10.2 Å². The van der Waals surface area contributed by atoms with Crippen LogP contribution in [0, 0.1) is 4.64 Å². The lowest BCUT2D eigenvalue weighted by Crippen LogP contribution is -2.29. The van der Waals surface area contributed by atoms with Gasteiger partial charge in [-0.25, -0.2) is 4.79 Å². The first-order chi connectivity index (χ1) is 12.7. The number of aromatic nitrogens is 3. The molecule has 1 unspecified atom stereocenters. The Bertz CT molecular complexity index is 958. The average Bonchev–Trinajstić information content (AvgIpc) is 3.15. The van der Waals surface area contributed by atoms with Crippen LogP contribution in [0.5, 0.6) is 0 Å². The molecule has 0 amide bonds. The van der Waals surface area contributed by atoms with Crippen LogP contribution < -0.4 is 0 Å². The van der Waals surface area contributed by atoms with Crippen LogP contribution in [0.3, 0.4) is 0 Å². The van der Waals surface area contributed by atoms with Gasteiger partial charge < -0.3 is 9.30 Å². The predicted molar refractivity (Wildman–Crippen MR) is 102 cm³/mol. The van der Waals surface area contributed by atoms with Gasteiger partial charge in [0.05, 0.1) is 17.1 Å². The third-order valence-corrected chi connectivity index (χ3v) is 5.42. The van der Waals surface area contributed by atoms with Gasteiger partial charge in [0.1, 0.15) is 10.7 Å². The largest absolute Gasteiger partial charge is 0.461 e. The number of rotatable bonds is 4. The summed E-state index contributed by atoms with van der Waals surface area (Å²) in [5.41, 5.74) is 1.73. The average molecular weight is 367 g/mol. The van der Waals surface area contributed by atoms with E-state index in [0.717, 1.165) is 42.1 Å². The summed E-state index contributed by atoms with van der Waals surface area (Å²) in [5, 5.41) is 7.80. The first-order valence-corrected chi connectivity index (χ1v) is 9.44. The highest BCUT2D eigenvalue weighted by Crippen LogP contribution is 2.27. The molecule has 0 spiro atoms. The molecule has 134 valence electrons. The van der Waals surface area contributed by atoms with E-state index in [1.165, 1.54) is 6.42 Å². The number of fused-ring (bicyclic) bond motifs is 1. The van der Waals surface area contributed by atoms with E-state index >= 15 is 0 Å². The van der Waals surface area contributed by atoms with Gasteiger partial charge in [-0.2, -0.15) is 5.10 Å². The van der Waals surface area contributed by atoms with Crippen LogP contribution in [-0.4, -0.2) is 26.8 Å². The number of nitrogens with zero attached hydrogens (tertiary/aromatic N) is 2. The number of carbonyl (C=O) groups is 1. The molecule has 2 aromatic heterocycles. The molecule has 4 rings (SSSR count). The van der Waals surface area contributed by atoms with Crippen LogP contribution in [0.25, 0.3) is 10.9 Å². The summed E-state index contributed by atoms with van der Waals surface area (Å²) in [6.07, 6.45) is 8.89. The molecule has 3 aromatic rings. The molecule has 1 N–H and O–H groups in total. The zero-order valence-corrected chi connectivity index (χ0v) is 15.2. The van der Waals surface area contributed by atoms with Crippen molar-refractivity contribution >= 4 is 29.1 Å². The topological polar surface area (TPSA) is 59.9 Å². The summed E-state index contributed by atoms with van der Waals surface area (Å²) in [4.78, 5) is 13.1. The van der Waals surface area contributed by atoms with Gasteiger partial charge >= 0.3 is 5.97 Å². The van der Waals surface area contributed by atoms with E-state index in [1.807, 2.05) is 47.2 Å². The molecule has 6 heteroatoms. The Morgan fingerprint density at radius 3 is 2.73 bits per heavy atom. The van der Waals surface area contributed by atoms with Crippen LogP contribution in [0.2, 0.25) is 0 Å². The third kappa shape index (κ3) is 3.29. The van der Waals surface area contributed by atoms with Gasteiger partial charge in [-0.15, -0.1) is 0 Å². The number of hydrogen-bond donors (Lipinski definition) is 1. The maximum atomic E-state index is 13.1. The molecule has 1 aliphatic carbocycles. The summed E-state index contributed by atoms with van der Waals surface area (Å²) in [6, 6.07) is 11.0. The highest BCUT2D eigenvalue weighted by Gasteiger charge is 2.28. The number of benzene rings is 1. The van der Waals surface area contributed by atoms with Crippen LogP contribution in [0.15, 0.2) is 48.8 Å². The molecule has 2 heterocycles. The Hall–Kier alpha value is -2.47. The third-order valence-electron chi connectivity index (χ3n) is 4.99. The number of aromatic amines is 1. The van der Waals surface area contributed by atoms with Gasteiger partial charge in [0.15, 0.2) is 6.04 Å². The fourth-order valence-corrected chi connectivity index (χ4v) is 3.94. The normalized spacial score (nSPS) is 16.5. The molecule has 1 atom stereocenters. The highest BCUT2D eigenvalue weighted by molar-refractivity contribution is 7.71. The zero-order chi connectivity index (χ0) is 17.9. The van der Waals surface area contributed by atoms with Crippen LogP contribution in [0.4, 0.5) is 0 Å². The fourth-order valence-electron chi connectivity index (χ4n) is 3.62. The van der Waals surface area contributed by atoms with Crippen molar-refractivity contribution in [3.63, 3.8) is 0 Å². The smallest absolute Gasteiger partial charge is 0.334 e. The van der Waals surface area contributed by atoms with Gasteiger partial charge in [0.25, 0.3) is 0 Å². The molecular weight excluding hydrogens is 346 g/mol. The lowest BCUT2D eigenvalue weighted by molar-refractivity contribution is -0.153. The summed E-state index contributed by atoms with van der Waals surface area (Å²) >= 11 is 5.64. The van der Waals surface area contributed by atoms with Crippen molar-refractivity contribution in [2.24, 2.45) is 0 Å². The van der Waals surface area contributed by atoms with Crippen LogP contribution in [0.1, 0.15) is 43.7 Å². The van der Waals surface area contributed by atoms with E-state index in [9.17, 15) is 4.79 Å².